The van der Waals surface area contributed by atoms with Gasteiger partial charge in [-0.05, 0) is 43.2 Å². The van der Waals surface area contributed by atoms with Crippen LogP contribution in [0.4, 0.5) is 4.79 Å². The summed E-state index contributed by atoms with van der Waals surface area (Å²) in [7, 11) is 0. The monoisotopic (exact) mass is 478 g/mol. The lowest BCUT2D eigenvalue weighted by Gasteiger charge is -2.33. The Balaban J connectivity index is 1.54. The first-order chi connectivity index (χ1) is 15.6. The van der Waals surface area contributed by atoms with Crippen molar-refractivity contribution in [2.75, 3.05) is 6.61 Å². The van der Waals surface area contributed by atoms with Gasteiger partial charge in [0.05, 0.1) is 12.5 Å². The number of hydrazine groups is 1. The maximum atomic E-state index is 12.8. The zero-order valence-corrected chi connectivity index (χ0v) is 19.2. The second-order valence-electron chi connectivity index (χ2n) is 8.51. The van der Waals surface area contributed by atoms with Crippen LogP contribution < -0.4 is 16.1 Å². The number of imide groups is 1. The standard InChI is InChI=1S/C22H27ClN4O6/c1-13-7-9-22(10-8-13)20(31)27(21(32)25-22)26-18(29)12-33-19(30)11-17(24-14(2)28)15-5-3-4-6-16(15)23/h3-6,13,17H,7-12H2,1-2H3,(H,24,28)(H,25,32)(H,26,29)/t13?,17-,22?/m0/s1. The van der Waals surface area contributed by atoms with Gasteiger partial charge in [0.25, 0.3) is 11.8 Å². The molecule has 2 fully saturated rings. The average molecular weight is 479 g/mol. The molecule has 0 unspecified atom stereocenters. The Labute approximate surface area is 196 Å². The van der Waals surface area contributed by atoms with Crippen LogP contribution in [0.1, 0.15) is 57.6 Å². The minimum Gasteiger partial charge on any atom is -0.455 e. The van der Waals surface area contributed by atoms with Crippen molar-refractivity contribution in [3.8, 4) is 0 Å². The van der Waals surface area contributed by atoms with Gasteiger partial charge < -0.3 is 15.4 Å². The van der Waals surface area contributed by atoms with Crippen molar-refractivity contribution < 1.29 is 28.7 Å². The second-order valence-corrected chi connectivity index (χ2v) is 8.92. The summed E-state index contributed by atoms with van der Waals surface area (Å²) in [5.41, 5.74) is 1.75. The first-order valence-corrected chi connectivity index (χ1v) is 11.1. The highest BCUT2D eigenvalue weighted by Crippen LogP contribution is 2.35. The lowest BCUT2D eigenvalue weighted by Crippen LogP contribution is -2.52. The van der Waals surface area contributed by atoms with Crippen LogP contribution in [0, 0.1) is 5.92 Å². The fraction of sp³-hybridized carbons (Fsp3) is 0.500. The van der Waals surface area contributed by atoms with Crippen LogP contribution in [-0.4, -0.2) is 46.9 Å². The quantitative estimate of drug-likeness (QED) is 0.405. The van der Waals surface area contributed by atoms with E-state index in [1.54, 1.807) is 24.3 Å². The fourth-order valence-corrected chi connectivity index (χ4v) is 4.35. The summed E-state index contributed by atoms with van der Waals surface area (Å²) in [5, 5.41) is 6.34. The van der Waals surface area contributed by atoms with Gasteiger partial charge in [-0.2, -0.15) is 5.01 Å². The molecule has 1 heterocycles. The van der Waals surface area contributed by atoms with Crippen molar-refractivity contribution in [1.29, 1.82) is 0 Å². The Morgan fingerprint density at radius 2 is 1.91 bits per heavy atom. The van der Waals surface area contributed by atoms with E-state index in [4.69, 9.17) is 16.3 Å². The summed E-state index contributed by atoms with van der Waals surface area (Å²) in [6.07, 6.45) is 2.35. The van der Waals surface area contributed by atoms with E-state index in [0.29, 0.717) is 34.4 Å². The van der Waals surface area contributed by atoms with Gasteiger partial charge in [-0.25, -0.2) is 4.79 Å². The summed E-state index contributed by atoms with van der Waals surface area (Å²) in [6, 6.07) is 5.27. The van der Waals surface area contributed by atoms with Gasteiger partial charge in [0, 0.05) is 11.9 Å². The lowest BCUT2D eigenvalue weighted by molar-refractivity contribution is -0.151. The Morgan fingerprint density at radius 1 is 1.24 bits per heavy atom. The molecule has 178 valence electrons. The number of hydrogen-bond acceptors (Lipinski definition) is 6. The number of hydrogen-bond donors (Lipinski definition) is 3. The third-order valence-corrected chi connectivity index (χ3v) is 6.26. The molecule has 1 atom stereocenters. The topological polar surface area (TPSA) is 134 Å². The van der Waals surface area contributed by atoms with Gasteiger partial charge in [0.1, 0.15) is 5.54 Å². The van der Waals surface area contributed by atoms with E-state index >= 15 is 0 Å². The molecular weight excluding hydrogens is 452 g/mol. The van der Waals surface area contributed by atoms with Gasteiger partial charge in [-0.15, -0.1) is 0 Å². The minimum absolute atomic E-state index is 0.263. The highest BCUT2D eigenvalue weighted by molar-refractivity contribution is 6.31. The van der Waals surface area contributed by atoms with Crippen molar-refractivity contribution in [2.24, 2.45) is 5.92 Å². The number of esters is 1. The van der Waals surface area contributed by atoms with Crippen LogP contribution in [0.3, 0.4) is 0 Å². The number of benzene rings is 1. The average Bonchev–Trinajstić information content (AvgIpc) is 2.98. The molecule has 1 aromatic carbocycles. The molecule has 1 aliphatic carbocycles. The molecule has 2 aliphatic rings. The number of ether oxygens (including phenoxy) is 1. The Hall–Kier alpha value is -3.14. The lowest BCUT2D eigenvalue weighted by atomic mass is 9.77. The van der Waals surface area contributed by atoms with Gasteiger partial charge in [0.2, 0.25) is 5.91 Å². The fourth-order valence-electron chi connectivity index (χ4n) is 4.09. The molecule has 1 spiro atoms. The van der Waals surface area contributed by atoms with Crippen molar-refractivity contribution in [1.82, 2.24) is 21.1 Å². The van der Waals surface area contributed by atoms with Crippen molar-refractivity contribution >= 4 is 41.3 Å². The Kier molecular flexibility index (Phi) is 7.57. The van der Waals surface area contributed by atoms with Gasteiger partial charge >= 0.3 is 12.0 Å². The molecule has 11 heteroatoms. The summed E-state index contributed by atoms with van der Waals surface area (Å²) in [6.45, 7) is 2.69. The number of halogens is 1. The normalized spacial score (nSPS) is 23.1. The summed E-state index contributed by atoms with van der Waals surface area (Å²) in [5.74, 6) is -2.00. The smallest absolute Gasteiger partial charge is 0.344 e. The summed E-state index contributed by atoms with van der Waals surface area (Å²) < 4.78 is 4.99. The molecule has 5 amide bonds. The van der Waals surface area contributed by atoms with Crippen molar-refractivity contribution in [3.63, 3.8) is 0 Å². The first-order valence-electron chi connectivity index (χ1n) is 10.7. The molecule has 0 bridgehead atoms. The number of carbonyl (C=O) groups excluding carboxylic acids is 5. The SMILES string of the molecule is CC(=O)N[C@@H](CC(=O)OCC(=O)NN1C(=O)NC2(CCC(C)CC2)C1=O)c1ccccc1Cl. The maximum absolute atomic E-state index is 12.8. The molecule has 10 nitrogen and oxygen atoms in total. The predicted molar refractivity (Wildman–Crippen MR) is 117 cm³/mol. The van der Waals surface area contributed by atoms with E-state index in [9.17, 15) is 24.0 Å². The molecule has 3 N–H and O–H groups in total. The predicted octanol–water partition coefficient (Wildman–Crippen LogP) is 1.98. The first kappa shape index (κ1) is 24.5. The number of urea groups is 1. The van der Waals surface area contributed by atoms with Gasteiger partial charge in [-0.3, -0.25) is 24.6 Å². The van der Waals surface area contributed by atoms with E-state index in [2.05, 4.69) is 23.0 Å². The minimum atomic E-state index is -0.992. The molecule has 0 radical (unpaired) electrons. The summed E-state index contributed by atoms with van der Waals surface area (Å²) in [4.78, 5) is 61.1. The van der Waals surface area contributed by atoms with E-state index in [0.717, 1.165) is 12.8 Å². The summed E-state index contributed by atoms with van der Waals surface area (Å²) >= 11 is 6.16. The van der Waals surface area contributed by atoms with Crippen LogP contribution in [0.15, 0.2) is 24.3 Å². The molecule has 0 aromatic heterocycles. The highest BCUT2D eigenvalue weighted by Gasteiger charge is 2.52. The van der Waals surface area contributed by atoms with Gasteiger partial charge in [0.15, 0.2) is 6.61 Å². The highest BCUT2D eigenvalue weighted by atomic mass is 35.5. The van der Waals surface area contributed by atoms with E-state index in [1.807, 2.05) is 0 Å². The van der Waals surface area contributed by atoms with Crippen LogP contribution in [-0.2, 0) is 23.9 Å². The van der Waals surface area contributed by atoms with E-state index in [-0.39, 0.29) is 12.3 Å². The molecule has 33 heavy (non-hydrogen) atoms. The zero-order chi connectivity index (χ0) is 24.2. The molecule has 1 saturated carbocycles. The molecule has 1 aromatic rings. The number of rotatable bonds is 7. The molecule has 1 aliphatic heterocycles. The van der Waals surface area contributed by atoms with E-state index < -0.39 is 42.0 Å². The number of nitrogens with zero attached hydrogens (tertiary/aromatic N) is 1. The molecule has 1 saturated heterocycles. The number of amides is 5. The Morgan fingerprint density at radius 3 is 2.55 bits per heavy atom. The molecule has 3 rings (SSSR count). The van der Waals surface area contributed by atoms with Crippen LogP contribution in [0.25, 0.3) is 0 Å². The van der Waals surface area contributed by atoms with E-state index in [1.165, 1.54) is 6.92 Å². The molecular formula is C22H27ClN4O6. The van der Waals surface area contributed by atoms with Gasteiger partial charge in [-0.1, -0.05) is 36.7 Å². The van der Waals surface area contributed by atoms with Crippen LogP contribution >= 0.6 is 11.6 Å². The number of nitrogens with one attached hydrogen (secondary N) is 3. The third kappa shape index (κ3) is 5.81. The van der Waals surface area contributed by atoms with Crippen molar-refractivity contribution in [3.05, 3.63) is 34.9 Å². The van der Waals surface area contributed by atoms with Crippen molar-refractivity contribution in [2.45, 2.75) is 57.5 Å². The maximum Gasteiger partial charge on any atom is 0.344 e. The van der Waals surface area contributed by atoms with Crippen LogP contribution in [0.5, 0.6) is 0 Å². The Bertz CT molecular complexity index is 960. The van der Waals surface area contributed by atoms with Crippen LogP contribution in [0.2, 0.25) is 5.02 Å². The number of carbonyl (C=O) groups is 5. The zero-order valence-electron chi connectivity index (χ0n) is 18.5. The third-order valence-electron chi connectivity index (χ3n) is 5.92. The largest absolute Gasteiger partial charge is 0.455 e. The second kappa shape index (κ2) is 10.2.